The van der Waals surface area contributed by atoms with E-state index < -0.39 is 0 Å². The molecule has 0 aliphatic carbocycles. The molecule has 0 aliphatic heterocycles. The van der Waals surface area contributed by atoms with E-state index in [9.17, 15) is 0 Å². The summed E-state index contributed by atoms with van der Waals surface area (Å²) in [7, 11) is 0. The molecule has 0 heterocycles. The molecule has 3 nitrogen and oxygen atoms in total. The van der Waals surface area contributed by atoms with Gasteiger partial charge in [-0.1, -0.05) is 0 Å². The van der Waals surface area contributed by atoms with Gasteiger partial charge in [0.15, 0.2) is 0 Å². The molecule has 0 fully saturated rings. The molecule has 40 valence electrons. The van der Waals surface area contributed by atoms with Gasteiger partial charge in [-0.05, 0) is 0 Å². The summed E-state index contributed by atoms with van der Waals surface area (Å²) in [5.74, 6) is 0. The summed E-state index contributed by atoms with van der Waals surface area (Å²) >= 11 is 0. The van der Waals surface area contributed by atoms with Crippen LogP contribution >= 0.6 is 0 Å². The fraction of sp³-hybridized carbons (Fsp3) is 0. The van der Waals surface area contributed by atoms with Crippen LogP contribution in [0.2, 0.25) is 0 Å². The molecule has 0 rings (SSSR count). The molecule has 0 saturated heterocycles. The molecule has 0 N–H and O–H groups in total. The van der Waals surface area contributed by atoms with Crippen molar-refractivity contribution in [3.8, 4) is 0 Å². The van der Waals surface area contributed by atoms with Crippen molar-refractivity contribution in [2.45, 2.75) is 0 Å². The maximum atomic E-state index is 0. The van der Waals surface area contributed by atoms with Crippen LogP contribution in [-0.4, -0.2) is 156 Å². The smallest absolute Gasteiger partial charge is 2.00 e. The Morgan fingerprint density at radius 1 is 0.556 bits per heavy atom. The first-order valence-corrected chi connectivity index (χ1v) is 0. The predicted octanol–water partition coefficient (Wildman–Crippen LogP) is -1.74. The average Bonchev–Trinajstić information content (AvgIpc) is 0. The molecular weight excluding hydrogens is 231 g/mol. The van der Waals surface area contributed by atoms with E-state index in [1.165, 1.54) is 0 Å². The SMILES string of the molecule is [Al+3].[Al+3].[Ca+2].[Ca+2].[H-].[H-].[H-].[H-].[H-].[H-].[H-].[H-].[Mg+2].[Mg+2].[O-2].[O-2].[O-2]. The van der Waals surface area contributed by atoms with Crippen LogP contribution in [0.1, 0.15) is 11.4 Å². The van der Waals surface area contributed by atoms with Gasteiger partial charge >= 0.3 is 156 Å². The molecule has 9 heavy (non-hydrogen) atoms. The molecule has 0 aromatic rings. The van der Waals surface area contributed by atoms with Gasteiger partial charge in [-0.3, -0.25) is 0 Å². The van der Waals surface area contributed by atoms with Gasteiger partial charge in [-0.2, -0.15) is 0 Å². The first kappa shape index (κ1) is 94.7. The maximum Gasteiger partial charge on any atom is 3.00 e. The number of hydrogen-bond acceptors (Lipinski definition) is 0. The van der Waals surface area contributed by atoms with Crippen LogP contribution in [0.3, 0.4) is 0 Å². The molecule has 0 aliphatic rings. The number of hydrogen-bond donors (Lipinski definition) is 0. The zero-order valence-electron chi connectivity index (χ0n) is 13.2. The topological polar surface area (TPSA) is 85.5 Å². The molecular formula is H8Al2Ca2Mg2O3. The van der Waals surface area contributed by atoms with Crippen LogP contribution in [0.4, 0.5) is 0 Å². The monoisotopic (exact) mass is 238 g/mol. The molecule has 0 bridgehead atoms. The summed E-state index contributed by atoms with van der Waals surface area (Å²) in [5.41, 5.74) is 0. The fourth-order valence-corrected chi connectivity index (χ4v) is 0. The van der Waals surface area contributed by atoms with E-state index in [0.29, 0.717) is 0 Å². The Morgan fingerprint density at radius 2 is 0.556 bits per heavy atom. The van der Waals surface area contributed by atoms with E-state index in [2.05, 4.69) is 0 Å². The third kappa shape index (κ3) is 62.9. The molecule has 0 saturated carbocycles. The Balaban J connectivity index is 0. The Labute approximate surface area is 180 Å². The Kier molecular flexibility index (Phi) is 788. The molecule has 0 radical (unpaired) electrons. The molecule has 9 heteroatoms. The van der Waals surface area contributed by atoms with Crippen LogP contribution in [0.15, 0.2) is 0 Å². The Morgan fingerprint density at radius 3 is 0.556 bits per heavy atom. The van der Waals surface area contributed by atoms with Gasteiger partial charge in [0.25, 0.3) is 0 Å². The van der Waals surface area contributed by atoms with E-state index in [-0.39, 0.29) is 184 Å². The third-order valence-electron chi connectivity index (χ3n) is 0. The van der Waals surface area contributed by atoms with Crippen LogP contribution in [0.5, 0.6) is 0 Å². The van der Waals surface area contributed by atoms with Gasteiger partial charge in [0.05, 0.1) is 0 Å². The summed E-state index contributed by atoms with van der Waals surface area (Å²) in [6.45, 7) is 0. The molecule has 0 aromatic heterocycles. The van der Waals surface area contributed by atoms with Crippen molar-refractivity contribution >= 4 is 156 Å². The van der Waals surface area contributed by atoms with E-state index in [4.69, 9.17) is 0 Å². The minimum Gasteiger partial charge on any atom is -2.00 e. The van der Waals surface area contributed by atoms with Gasteiger partial charge in [0.2, 0.25) is 0 Å². The average molecular weight is 239 g/mol. The summed E-state index contributed by atoms with van der Waals surface area (Å²) < 4.78 is 0. The summed E-state index contributed by atoms with van der Waals surface area (Å²) in [4.78, 5) is 0. The molecule has 0 aromatic carbocycles. The predicted molar refractivity (Wildman–Crippen MR) is 45.5 cm³/mol. The van der Waals surface area contributed by atoms with Crippen molar-refractivity contribution in [1.82, 2.24) is 0 Å². The van der Waals surface area contributed by atoms with Gasteiger partial charge in [-0.25, -0.2) is 0 Å². The van der Waals surface area contributed by atoms with Gasteiger partial charge in [0.1, 0.15) is 0 Å². The number of rotatable bonds is 0. The zero-order chi connectivity index (χ0) is 0. The van der Waals surface area contributed by atoms with Crippen molar-refractivity contribution in [2.75, 3.05) is 0 Å². The van der Waals surface area contributed by atoms with Gasteiger partial charge in [0, 0.05) is 0 Å². The zero-order valence-corrected chi connectivity index (χ0v) is 14.8. The molecule has 0 unspecified atom stereocenters. The van der Waals surface area contributed by atoms with E-state index in [0.717, 1.165) is 0 Å². The third-order valence-corrected chi connectivity index (χ3v) is 0. The van der Waals surface area contributed by atoms with E-state index in [1.54, 1.807) is 0 Å². The molecule has 0 amide bonds. The van der Waals surface area contributed by atoms with Crippen LogP contribution < -0.4 is 0 Å². The largest absolute Gasteiger partial charge is 3.00 e. The maximum absolute atomic E-state index is 0. The minimum atomic E-state index is 0. The second-order valence-corrected chi connectivity index (χ2v) is 0. The minimum absolute atomic E-state index is 0. The second-order valence-electron chi connectivity index (χ2n) is 0. The summed E-state index contributed by atoms with van der Waals surface area (Å²) in [6.07, 6.45) is 0. The van der Waals surface area contributed by atoms with Gasteiger partial charge < -0.3 is 27.8 Å². The first-order chi connectivity index (χ1) is 0. The normalized spacial score (nSPS) is 0. The van der Waals surface area contributed by atoms with Gasteiger partial charge in [-0.15, -0.1) is 0 Å². The van der Waals surface area contributed by atoms with Crippen LogP contribution in [-0.2, 0) is 16.4 Å². The second kappa shape index (κ2) is 74.9. The molecule has 0 spiro atoms. The van der Waals surface area contributed by atoms with E-state index >= 15 is 0 Å². The summed E-state index contributed by atoms with van der Waals surface area (Å²) in [5, 5.41) is 0. The van der Waals surface area contributed by atoms with Crippen molar-refractivity contribution in [3.63, 3.8) is 0 Å². The van der Waals surface area contributed by atoms with Crippen LogP contribution in [0.25, 0.3) is 0 Å². The summed E-state index contributed by atoms with van der Waals surface area (Å²) in [6, 6.07) is 0. The quantitative estimate of drug-likeness (QED) is 0.449. The van der Waals surface area contributed by atoms with Crippen molar-refractivity contribution in [3.05, 3.63) is 0 Å². The van der Waals surface area contributed by atoms with E-state index in [1.807, 2.05) is 0 Å². The van der Waals surface area contributed by atoms with Crippen molar-refractivity contribution in [1.29, 1.82) is 0 Å². The van der Waals surface area contributed by atoms with Crippen LogP contribution in [0, 0.1) is 0 Å². The first-order valence-electron chi connectivity index (χ1n) is 0. The standard InChI is InChI=1S/2Al.2Ca.2Mg.3O.8H/q2*+3;4*+2;3*-2;8*-1. The Hall–Kier alpha value is 5.00. The molecule has 0 atom stereocenters. The fourth-order valence-electron chi connectivity index (χ4n) is 0. The van der Waals surface area contributed by atoms with Crippen molar-refractivity contribution in [2.24, 2.45) is 0 Å². The Bertz CT molecular complexity index is 34.7. The van der Waals surface area contributed by atoms with Crippen molar-refractivity contribution < 1.29 is 27.8 Å².